The van der Waals surface area contributed by atoms with E-state index in [1.165, 1.54) is 0 Å². The summed E-state index contributed by atoms with van der Waals surface area (Å²) in [5.74, 6) is 2.40. The number of rotatable bonds is 1. The fraction of sp³-hybridized carbons (Fsp3) is 0.500. The van der Waals surface area contributed by atoms with Crippen molar-refractivity contribution in [2.24, 2.45) is 0 Å². The molecule has 1 N–H and O–H groups in total. The molecule has 1 nitrogen and oxygen atoms in total. The van der Waals surface area contributed by atoms with Gasteiger partial charge in [-0.05, 0) is 20.8 Å². The molecule has 50 valence electrons. The van der Waals surface area contributed by atoms with Gasteiger partial charge in [0.1, 0.15) is 0 Å². The van der Waals surface area contributed by atoms with E-state index in [2.05, 4.69) is 32.0 Å². The molecule has 0 unspecified atom stereocenters. The summed E-state index contributed by atoms with van der Waals surface area (Å²) in [7, 11) is 0. The summed E-state index contributed by atoms with van der Waals surface area (Å²) in [6.45, 7) is 6.23. The first-order chi connectivity index (χ1) is 4.06. The largest absolute Gasteiger partial charge is 0.386 e. The molecule has 0 aromatic heterocycles. The summed E-state index contributed by atoms with van der Waals surface area (Å²) in [4.78, 5) is 0. The minimum atomic E-state index is 0.118. The maximum atomic E-state index is 4.98. The highest BCUT2D eigenvalue weighted by Crippen LogP contribution is 1.96. The highest BCUT2D eigenvalue weighted by atomic mass is 14.9. The van der Waals surface area contributed by atoms with Gasteiger partial charge < -0.3 is 5.32 Å². The maximum Gasteiger partial charge on any atom is 0.0284 e. The number of allylic oxidation sites excluding steroid dienone is 1. The van der Waals surface area contributed by atoms with Crippen molar-refractivity contribution in [2.75, 3.05) is 0 Å². The van der Waals surface area contributed by atoms with E-state index in [0.29, 0.717) is 0 Å². The molecule has 0 saturated carbocycles. The lowest BCUT2D eigenvalue weighted by Gasteiger charge is -2.17. The van der Waals surface area contributed by atoms with Crippen LogP contribution in [0.15, 0.2) is 12.3 Å². The van der Waals surface area contributed by atoms with Crippen molar-refractivity contribution in [1.82, 2.24) is 5.32 Å². The van der Waals surface area contributed by atoms with Crippen molar-refractivity contribution >= 4 is 0 Å². The van der Waals surface area contributed by atoms with Crippen molar-refractivity contribution in [3.05, 3.63) is 12.3 Å². The first-order valence-corrected chi connectivity index (χ1v) is 2.95. The molecule has 9 heavy (non-hydrogen) atoms. The molecule has 0 amide bonds. The SMILES string of the molecule is C#C/C=C/NC(C)(C)C. The van der Waals surface area contributed by atoms with E-state index in [4.69, 9.17) is 6.42 Å². The van der Waals surface area contributed by atoms with E-state index in [1.807, 2.05) is 0 Å². The Morgan fingerprint density at radius 1 is 1.44 bits per heavy atom. The van der Waals surface area contributed by atoms with E-state index in [0.717, 1.165) is 0 Å². The van der Waals surface area contributed by atoms with Crippen LogP contribution in [0.5, 0.6) is 0 Å². The molecule has 0 rings (SSSR count). The van der Waals surface area contributed by atoms with Crippen LogP contribution in [0, 0.1) is 12.3 Å². The second kappa shape index (κ2) is 3.19. The minimum absolute atomic E-state index is 0.118. The summed E-state index contributed by atoms with van der Waals surface area (Å²) in [5, 5.41) is 3.10. The van der Waals surface area contributed by atoms with Crippen LogP contribution in [0.1, 0.15) is 20.8 Å². The third-order valence-electron chi connectivity index (χ3n) is 0.696. The number of hydrogen-bond donors (Lipinski definition) is 1. The van der Waals surface area contributed by atoms with E-state index >= 15 is 0 Å². The molecule has 0 aliphatic rings. The normalized spacial score (nSPS) is 11.3. The average Bonchev–Trinajstić information content (AvgIpc) is 1.63. The third kappa shape index (κ3) is 7.10. The second-order valence-electron chi connectivity index (χ2n) is 2.89. The Hall–Kier alpha value is -0.900. The van der Waals surface area contributed by atoms with Crippen LogP contribution in [-0.4, -0.2) is 5.54 Å². The maximum absolute atomic E-state index is 4.98. The molecule has 0 radical (unpaired) electrons. The Bertz CT molecular complexity index is 132. The lowest BCUT2D eigenvalue weighted by Crippen LogP contribution is -2.30. The predicted octanol–water partition coefficient (Wildman–Crippen LogP) is 1.52. The molecule has 0 aromatic carbocycles. The van der Waals surface area contributed by atoms with Gasteiger partial charge in [-0.15, -0.1) is 6.42 Å². The Balaban J connectivity index is 3.54. The van der Waals surface area contributed by atoms with Crippen molar-refractivity contribution in [1.29, 1.82) is 0 Å². The smallest absolute Gasteiger partial charge is 0.0284 e. The number of nitrogens with one attached hydrogen (secondary N) is 1. The molecule has 0 atom stereocenters. The summed E-state index contributed by atoms with van der Waals surface area (Å²) in [6, 6.07) is 0. The van der Waals surface area contributed by atoms with Gasteiger partial charge in [-0.2, -0.15) is 0 Å². The van der Waals surface area contributed by atoms with Crippen molar-refractivity contribution in [2.45, 2.75) is 26.3 Å². The molecule has 0 aliphatic heterocycles. The van der Waals surface area contributed by atoms with Gasteiger partial charge in [0.2, 0.25) is 0 Å². The Labute approximate surface area is 57.2 Å². The summed E-state index contributed by atoms with van der Waals surface area (Å²) in [6.07, 6.45) is 8.40. The van der Waals surface area contributed by atoms with Crippen LogP contribution >= 0.6 is 0 Å². The predicted molar refractivity (Wildman–Crippen MR) is 40.9 cm³/mol. The van der Waals surface area contributed by atoms with Crippen molar-refractivity contribution in [3.63, 3.8) is 0 Å². The fourth-order valence-electron chi connectivity index (χ4n) is 0.340. The Kier molecular flexibility index (Phi) is 2.87. The second-order valence-corrected chi connectivity index (χ2v) is 2.89. The van der Waals surface area contributed by atoms with Gasteiger partial charge in [-0.3, -0.25) is 0 Å². The van der Waals surface area contributed by atoms with Crippen molar-refractivity contribution < 1.29 is 0 Å². The number of hydrogen-bond acceptors (Lipinski definition) is 1. The third-order valence-corrected chi connectivity index (χ3v) is 0.696. The molecule has 1 heteroatoms. The number of terminal acetylenes is 1. The van der Waals surface area contributed by atoms with Crippen molar-refractivity contribution in [3.8, 4) is 12.3 Å². The van der Waals surface area contributed by atoms with Gasteiger partial charge >= 0.3 is 0 Å². The molecule has 0 saturated heterocycles. The van der Waals surface area contributed by atoms with Crippen LogP contribution in [0.4, 0.5) is 0 Å². The van der Waals surface area contributed by atoms with Crippen LogP contribution in [-0.2, 0) is 0 Å². The zero-order valence-electron chi connectivity index (χ0n) is 6.23. The van der Waals surface area contributed by atoms with Crippen LogP contribution in [0.2, 0.25) is 0 Å². The highest BCUT2D eigenvalue weighted by Gasteiger charge is 2.03. The van der Waals surface area contributed by atoms with Gasteiger partial charge in [-0.25, -0.2) is 0 Å². The van der Waals surface area contributed by atoms with E-state index in [9.17, 15) is 0 Å². The Morgan fingerprint density at radius 3 is 2.33 bits per heavy atom. The zero-order valence-corrected chi connectivity index (χ0v) is 6.23. The van der Waals surface area contributed by atoms with Gasteiger partial charge in [0.05, 0.1) is 0 Å². The van der Waals surface area contributed by atoms with Gasteiger partial charge in [0, 0.05) is 17.8 Å². The van der Waals surface area contributed by atoms with Crippen LogP contribution in [0.25, 0.3) is 0 Å². The topological polar surface area (TPSA) is 12.0 Å². The molecule has 0 spiro atoms. The lowest BCUT2D eigenvalue weighted by molar-refractivity contribution is 0.491. The summed E-state index contributed by atoms with van der Waals surface area (Å²) in [5.41, 5.74) is 0.118. The summed E-state index contributed by atoms with van der Waals surface area (Å²) < 4.78 is 0. The van der Waals surface area contributed by atoms with Crippen LogP contribution < -0.4 is 5.32 Å². The molecule has 0 fully saturated rings. The summed E-state index contributed by atoms with van der Waals surface area (Å²) >= 11 is 0. The highest BCUT2D eigenvalue weighted by molar-refractivity contribution is 5.08. The van der Waals surface area contributed by atoms with Gasteiger partial charge in [0.15, 0.2) is 0 Å². The quantitative estimate of drug-likeness (QED) is 0.521. The monoisotopic (exact) mass is 123 g/mol. The first kappa shape index (κ1) is 8.10. The van der Waals surface area contributed by atoms with Gasteiger partial charge in [-0.1, -0.05) is 5.92 Å². The average molecular weight is 123 g/mol. The molecule has 0 bridgehead atoms. The Morgan fingerprint density at radius 2 is 2.00 bits per heavy atom. The van der Waals surface area contributed by atoms with E-state index in [1.54, 1.807) is 12.3 Å². The minimum Gasteiger partial charge on any atom is -0.386 e. The molecule has 0 heterocycles. The fourth-order valence-corrected chi connectivity index (χ4v) is 0.340. The molecular formula is C8H13N. The van der Waals surface area contributed by atoms with E-state index < -0.39 is 0 Å². The molecule has 0 aliphatic carbocycles. The first-order valence-electron chi connectivity index (χ1n) is 2.95. The van der Waals surface area contributed by atoms with Gasteiger partial charge in [0.25, 0.3) is 0 Å². The standard InChI is InChI=1S/C8H13N/c1-5-6-7-9-8(2,3)4/h1,6-7,9H,2-4H3/b7-6+. The molecule has 0 aromatic rings. The van der Waals surface area contributed by atoms with E-state index in [-0.39, 0.29) is 5.54 Å². The molecular weight excluding hydrogens is 110 g/mol. The zero-order chi connectivity index (χ0) is 7.33. The lowest BCUT2D eigenvalue weighted by atomic mass is 10.1. The van der Waals surface area contributed by atoms with Crippen LogP contribution in [0.3, 0.4) is 0 Å².